The molecule has 1 fully saturated rings. The molecule has 3 rings (SSSR count). The first-order valence-electron chi connectivity index (χ1n) is 8.49. The van der Waals surface area contributed by atoms with Gasteiger partial charge >= 0.3 is 6.09 Å². The van der Waals surface area contributed by atoms with Gasteiger partial charge in [0.15, 0.2) is 5.82 Å². The number of hydrogen-bond donors (Lipinski definition) is 1. The zero-order valence-corrected chi connectivity index (χ0v) is 14.6. The van der Waals surface area contributed by atoms with E-state index in [1.54, 1.807) is 41.6 Å². The molecule has 1 saturated heterocycles. The standard InChI is InChI=1S/C18H19N5O4/c19-13-14-1-3-15(4-2-14)27-12-11-22-6-5-20-16(17(22)24)21-7-9-23(10-8-21)18(25)26/h1-6H,7-12H2,(H,25,26). The van der Waals surface area contributed by atoms with Crippen LogP contribution in [0.5, 0.6) is 5.75 Å². The molecule has 0 bridgehead atoms. The zero-order chi connectivity index (χ0) is 19.2. The minimum Gasteiger partial charge on any atom is -0.492 e. The van der Waals surface area contributed by atoms with Crippen molar-refractivity contribution in [1.82, 2.24) is 14.5 Å². The molecule has 1 aromatic heterocycles. The SMILES string of the molecule is N#Cc1ccc(OCCn2ccnc(N3CCN(C(=O)O)CC3)c2=O)cc1. The van der Waals surface area contributed by atoms with E-state index in [0.717, 1.165) is 0 Å². The monoisotopic (exact) mass is 369 g/mol. The fourth-order valence-corrected chi connectivity index (χ4v) is 2.83. The van der Waals surface area contributed by atoms with Gasteiger partial charge in [0.25, 0.3) is 5.56 Å². The molecule has 2 aromatic rings. The second-order valence-corrected chi connectivity index (χ2v) is 5.99. The number of nitriles is 1. The molecule has 9 nitrogen and oxygen atoms in total. The fourth-order valence-electron chi connectivity index (χ4n) is 2.83. The highest BCUT2D eigenvalue weighted by molar-refractivity contribution is 5.65. The van der Waals surface area contributed by atoms with Crippen LogP contribution in [0.4, 0.5) is 10.6 Å². The summed E-state index contributed by atoms with van der Waals surface area (Å²) in [6.45, 7) is 2.19. The van der Waals surface area contributed by atoms with Gasteiger partial charge in [-0.05, 0) is 24.3 Å². The van der Waals surface area contributed by atoms with Gasteiger partial charge in [0.2, 0.25) is 0 Å². The topological polar surface area (TPSA) is 112 Å². The van der Waals surface area contributed by atoms with Crippen molar-refractivity contribution in [3.63, 3.8) is 0 Å². The summed E-state index contributed by atoms with van der Waals surface area (Å²) in [6, 6.07) is 8.80. The lowest BCUT2D eigenvalue weighted by atomic mass is 10.2. The predicted molar refractivity (Wildman–Crippen MR) is 97.0 cm³/mol. The average Bonchev–Trinajstić information content (AvgIpc) is 2.70. The summed E-state index contributed by atoms with van der Waals surface area (Å²) in [6.07, 6.45) is 2.21. The first kappa shape index (κ1) is 18.3. The Morgan fingerprint density at radius 2 is 1.93 bits per heavy atom. The largest absolute Gasteiger partial charge is 0.492 e. The lowest BCUT2D eigenvalue weighted by Gasteiger charge is -2.33. The molecule has 2 heterocycles. The van der Waals surface area contributed by atoms with Gasteiger partial charge in [-0.1, -0.05) is 0 Å². The second kappa shape index (κ2) is 8.23. The van der Waals surface area contributed by atoms with E-state index in [-0.39, 0.29) is 5.56 Å². The molecule has 1 aliphatic heterocycles. The highest BCUT2D eigenvalue weighted by atomic mass is 16.5. The first-order chi connectivity index (χ1) is 13.1. The number of anilines is 1. The Bertz CT molecular complexity index is 895. The highest BCUT2D eigenvalue weighted by Gasteiger charge is 2.23. The maximum atomic E-state index is 12.6. The number of benzene rings is 1. The molecule has 140 valence electrons. The van der Waals surface area contributed by atoms with Gasteiger partial charge in [0.1, 0.15) is 12.4 Å². The van der Waals surface area contributed by atoms with Crippen LogP contribution in [0.1, 0.15) is 5.56 Å². The predicted octanol–water partition coefficient (Wildman–Crippen LogP) is 0.994. The number of aromatic nitrogens is 2. The molecule has 0 aliphatic carbocycles. The highest BCUT2D eigenvalue weighted by Crippen LogP contribution is 2.12. The molecule has 0 radical (unpaired) electrons. The second-order valence-electron chi connectivity index (χ2n) is 5.99. The van der Waals surface area contributed by atoms with Crippen molar-refractivity contribution >= 4 is 11.9 Å². The number of amides is 1. The van der Waals surface area contributed by atoms with Gasteiger partial charge in [-0.15, -0.1) is 0 Å². The zero-order valence-electron chi connectivity index (χ0n) is 14.6. The van der Waals surface area contributed by atoms with Crippen molar-refractivity contribution < 1.29 is 14.6 Å². The van der Waals surface area contributed by atoms with Gasteiger partial charge in [-0.2, -0.15) is 5.26 Å². The first-order valence-corrected chi connectivity index (χ1v) is 8.49. The summed E-state index contributed by atoms with van der Waals surface area (Å²) in [5.74, 6) is 0.946. The molecule has 1 N–H and O–H groups in total. The third-order valence-corrected chi connectivity index (χ3v) is 4.33. The number of carbonyl (C=O) groups is 1. The number of rotatable bonds is 5. The van der Waals surface area contributed by atoms with Crippen LogP contribution in [0.3, 0.4) is 0 Å². The summed E-state index contributed by atoms with van der Waals surface area (Å²) < 4.78 is 7.14. The molecule has 27 heavy (non-hydrogen) atoms. The van der Waals surface area contributed by atoms with Crippen molar-refractivity contribution in [2.24, 2.45) is 0 Å². The van der Waals surface area contributed by atoms with Gasteiger partial charge in [-0.25, -0.2) is 9.78 Å². The van der Waals surface area contributed by atoms with E-state index in [2.05, 4.69) is 4.98 Å². The van der Waals surface area contributed by atoms with Crippen LogP contribution in [0.2, 0.25) is 0 Å². The van der Waals surface area contributed by atoms with Crippen LogP contribution in [-0.2, 0) is 6.54 Å². The molecule has 1 aliphatic rings. The van der Waals surface area contributed by atoms with Crippen LogP contribution >= 0.6 is 0 Å². The minimum absolute atomic E-state index is 0.232. The molecule has 0 saturated carbocycles. The van der Waals surface area contributed by atoms with E-state index in [1.807, 2.05) is 6.07 Å². The summed E-state index contributed by atoms with van der Waals surface area (Å²) in [4.78, 5) is 30.9. The van der Waals surface area contributed by atoms with Crippen LogP contribution < -0.4 is 15.2 Å². The normalized spacial score (nSPS) is 13.9. The molecule has 0 unspecified atom stereocenters. The van der Waals surface area contributed by atoms with Crippen molar-refractivity contribution in [2.45, 2.75) is 6.54 Å². The number of ether oxygens (including phenoxy) is 1. The smallest absolute Gasteiger partial charge is 0.407 e. The lowest BCUT2D eigenvalue weighted by molar-refractivity contribution is 0.142. The van der Waals surface area contributed by atoms with Crippen LogP contribution in [0.25, 0.3) is 0 Å². The van der Waals surface area contributed by atoms with Crippen LogP contribution in [-0.4, -0.2) is 58.4 Å². The number of hydrogen-bond acceptors (Lipinski definition) is 6. The minimum atomic E-state index is -0.951. The Morgan fingerprint density at radius 1 is 1.22 bits per heavy atom. The summed E-state index contributed by atoms with van der Waals surface area (Å²) in [5.41, 5.74) is 0.324. The molecule has 9 heteroatoms. The Balaban J connectivity index is 1.60. The third-order valence-electron chi connectivity index (χ3n) is 4.33. The van der Waals surface area contributed by atoms with E-state index < -0.39 is 6.09 Å². The number of nitrogens with zero attached hydrogens (tertiary/aromatic N) is 5. The quantitative estimate of drug-likeness (QED) is 0.836. The Hall–Kier alpha value is -3.54. The van der Waals surface area contributed by atoms with Crippen LogP contribution in [0.15, 0.2) is 41.5 Å². The van der Waals surface area contributed by atoms with E-state index in [4.69, 9.17) is 15.1 Å². The van der Waals surface area contributed by atoms with E-state index in [9.17, 15) is 9.59 Å². The summed E-state index contributed by atoms with van der Waals surface area (Å²) in [7, 11) is 0. The molecule has 0 atom stereocenters. The van der Waals surface area contributed by atoms with Gasteiger partial charge < -0.3 is 24.2 Å². The summed E-state index contributed by atoms with van der Waals surface area (Å²) in [5, 5.41) is 17.8. The van der Waals surface area contributed by atoms with Crippen molar-refractivity contribution in [1.29, 1.82) is 5.26 Å². The summed E-state index contributed by atoms with van der Waals surface area (Å²) >= 11 is 0. The lowest BCUT2D eigenvalue weighted by Crippen LogP contribution is -2.50. The molecular formula is C18H19N5O4. The third kappa shape index (κ3) is 4.36. The Kier molecular flexibility index (Phi) is 5.56. The molecular weight excluding hydrogens is 350 g/mol. The van der Waals surface area contributed by atoms with Crippen molar-refractivity contribution in [3.05, 3.63) is 52.6 Å². The van der Waals surface area contributed by atoms with Crippen LogP contribution in [0, 0.1) is 11.3 Å². The van der Waals surface area contributed by atoms with Gasteiger partial charge in [0, 0.05) is 38.6 Å². The fraction of sp³-hybridized carbons (Fsp3) is 0.333. The van der Waals surface area contributed by atoms with Gasteiger partial charge in [0.05, 0.1) is 18.2 Å². The van der Waals surface area contributed by atoms with Crippen molar-refractivity contribution in [3.8, 4) is 11.8 Å². The maximum Gasteiger partial charge on any atom is 0.407 e. The van der Waals surface area contributed by atoms with Gasteiger partial charge in [-0.3, -0.25) is 4.79 Å². The Morgan fingerprint density at radius 3 is 2.56 bits per heavy atom. The van der Waals surface area contributed by atoms with E-state index in [1.165, 1.54) is 9.47 Å². The molecule has 1 aromatic carbocycles. The van der Waals surface area contributed by atoms with E-state index >= 15 is 0 Å². The molecule has 0 spiro atoms. The molecule has 1 amide bonds. The van der Waals surface area contributed by atoms with E-state index in [0.29, 0.717) is 56.5 Å². The average molecular weight is 369 g/mol. The van der Waals surface area contributed by atoms with Crippen molar-refractivity contribution in [2.75, 3.05) is 37.7 Å². The Labute approximate surface area is 155 Å². The number of piperazine rings is 1. The maximum absolute atomic E-state index is 12.6. The number of carboxylic acid groups (broad SMARTS) is 1.